The Kier molecular flexibility index (Phi) is 4.04. The van der Waals surface area contributed by atoms with Gasteiger partial charge in [0.1, 0.15) is 26.4 Å². The summed E-state index contributed by atoms with van der Waals surface area (Å²) in [7, 11) is 3.79. The van der Waals surface area contributed by atoms with Crippen LogP contribution in [0.3, 0.4) is 0 Å². The number of rotatable bonds is 4. The molecule has 0 bridgehead atoms. The van der Waals surface area contributed by atoms with Crippen LogP contribution in [0.15, 0.2) is 30.6 Å². The molecule has 0 saturated carbocycles. The first-order valence-corrected chi connectivity index (χ1v) is 9.12. The number of hydrogen-bond donors (Lipinski definition) is 2. The van der Waals surface area contributed by atoms with Crippen molar-refractivity contribution in [2.45, 2.75) is 6.92 Å². The van der Waals surface area contributed by atoms with Crippen molar-refractivity contribution in [2.75, 3.05) is 18.9 Å². The number of imidazole rings is 1. The van der Waals surface area contributed by atoms with E-state index in [1.807, 2.05) is 49.9 Å². The number of benzene rings is 1. The second kappa shape index (κ2) is 6.38. The number of thiazole rings is 1. The fourth-order valence-electron chi connectivity index (χ4n) is 2.90. The first-order chi connectivity index (χ1) is 12.6. The van der Waals surface area contributed by atoms with E-state index >= 15 is 0 Å². The van der Waals surface area contributed by atoms with Crippen LogP contribution in [0.1, 0.15) is 17.3 Å². The monoisotopic (exact) mass is 366 g/mol. The van der Waals surface area contributed by atoms with Crippen LogP contribution in [0.4, 0.5) is 5.82 Å². The summed E-state index contributed by atoms with van der Waals surface area (Å²) in [6.07, 6.45) is 1.77. The average molecular weight is 366 g/mol. The Morgan fingerprint density at radius 3 is 2.65 bits per heavy atom. The molecule has 0 spiro atoms. The smallest absolute Gasteiger partial charge is 0.251 e. The maximum atomic E-state index is 11.9. The summed E-state index contributed by atoms with van der Waals surface area (Å²) in [6, 6.07) is 7.47. The zero-order chi connectivity index (χ0) is 18.3. The molecule has 4 rings (SSSR count). The van der Waals surface area contributed by atoms with Crippen LogP contribution in [0.25, 0.3) is 32.0 Å². The normalized spacial score (nSPS) is 11.2. The zero-order valence-electron chi connectivity index (χ0n) is 14.7. The van der Waals surface area contributed by atoms with Gasteiger partial charge < -0.3 is 15.2 Å². The molecule has 0 aliphatic rings. The molecule has 0 saturated heterocycles. The molecule has 1 amide bonds. The number of anilines is 1. The van der Waals surface area contributed by atoms with Gasteiger partial charge in [-0.05, 0) is 19.1 Å². The standard InChI is InChI=1S/C18H18N6OS/c1-4-20-16(25)10-5-7-11(8-6-10)17-22-13-14-12(21-9-24(14)3)15(19-2)23-18(13)26-17/h5-9H,4H2,1-3H3,(H,19,23)(H,20,25). The molecule has 26 heavy (non-hydrogen) atoms. The topological polar surface area (TPSA) is 84.7 Å². The molecule has 0 atom stereocenters. The van der Waals surface area contributed by atoms with E-state index in [4.69, 9.17) is 4.98 Å². The van der Waals surface area contributed by atoms with Gasteiger partial charge >= 0.3 is 0 Å². The predicted octanol–water partition coefficient (Wildman–Crippen LogP) is 3.04. The van der Waals surface area contributed by atoms with Gasteiger partial charge in [-0.2, -0.15) is 0 Å². The highest BCUT2D eigenvalue weighted by Crippen LogP contribution is 2.35. The Bertz CT molecular complexity index is 1110. The molecule has 0 fully saturated rings. The van der Waals surface area contributed by atoms with Crippen LogP contribution in [-0.2, 0) is 7.05 Å². The van der Waals surface area contributed by atoms with Crippen molar-refractivity contribution < 1.29 is 4.79 Å². The van der Waals surface area contributed by atoms with Crippen LogP contribution < -0.4 is 10.6 Å². The third-order valence-corrected chi connectivity index (χ3v) is 5.17. The minimum Gasteiger partial charge on any atom is -0.371 e. The SMILES string of the molecule is CCNC(=O)c1ccc(-c2nc3c(nc(NC)c4ncn(C)c43)s2)cc1. The van der Waals surface area contributed by atoms with Crippen molar-refractivity contribution in [1.82, 2.24) is 24.8 Å². The number of nitrogens with zero attached hydrogens (tertiary/aromatic N) is 4. The highest BCUT2D eigenvalue weighted by molar-refractivity contribution is 7.21. The summed E-state index contributed by atoms with van der Waals surface area (Å²) in [5.41, 5.74) is 4.21. The Morgan fingerprint density at radius 1 is 1.19 bits per heavy atom. The summed E-state index contributed by atoms with van der Waals surface area (Å²) in [5, 5.41) is 6.77. The van der Waals surface area contributed by atoms with Gasteiger partial charge in [0.2, 0.25) is 0 Å². The van der Waals surface area contributed by atoms with Crippen molar-refractivity contribution in [1.29, 1.82) is 0 Å². The molecule has 0 radical (unpaired) electrons. The number of amides is 1. The molecular weight excluding hydrogens is 348 g/mol. The molecule has 132 valence electrons. The molecular formula is C18H18N6OS. The Morgan fingerprint density at radius 2 is 1.96 bits per heavy atom. The maximum Gasteiger partial charge on any atom is 0.251 e. The third-order valence-electron chi connectivity index (χ3n) is 4.18. The predicted molar refractivity (Wildman–Crippen MR) is 105 cm³/mol. The minimum atomic E-state index is -0.0692. The van der Waals surface area contributed by atoms with Crippen molar-refractivity contribution in [3.63, 3.8) is 0 Å². The second-order valence-electron chi connectivity index (χ2n) is 5.87. The lowest BCUT2D eigenvalue weighted by atomic mass is 10.1. The van der Waals surface area contributed by atoms with Crippen LogP contribution in [0, 0.1) is 0 Å². The maximum absolute atomic E-state index is 11.9. The Hall–Kier alpha value is -3.00. The fraction of sp³-hybridized carbons (Fsp3) is 0.222. The van der Waals surface area contributed by atoms with Crippen molar-refractivity contribution in [2.24, 2.45) is 7.05 Å². The van der Waals surface area contributed by atoms with E-state index in [0.717, 1.165) is 37.8 Å². The molecule has 3 heterocycles. The lowest BCUT2D eigenvalue weighted by Crippen LogP contribution is -2.22. The van der Waals surface area contributed by atoms with E-state index in [2.05, 4.69) is 20.6 Å². The van der Waals surface area contributed by atoms with Gasteiger partial charge in [-0.25, -0.2) is 15.0 Å². The first kappa shape index (κ1) is 16.5. The molecule has 7 nitrogen and oxygen atoms in total. The number of aryl methyl sites for hydroxylation is 1. The summed E-state index contributed by atoms with van der Waals surface area (Å²) < 4.78 is 1.96. The van der Waals surface area contributed by atoms with E-state index in [1.165, 1.54) is 11.3 Å². The summed E-state index contributed by atoms with van der Waals surface area (Å²) >= 11 is 1.53. The highest BCUT2D eigenvalue weighted by Gasteiger charge is 2.17. The van der Waals surface area contributed by atoms with E-state index in [0.29, 0.717) is 12.1 Å². The van der Waals surface area contributed by atoms with Crippen LogP contribution in [-0.4, -0.2) is 39.0 Å². The van der Waals surface area contributed by atoms with Crippen LogP contribution in [0.5, 0.6) is 0 Å². The molecule has 0 aliphatic heterocycles. The van der Waals surface area contributed by atoms with Gasteiger partial charge in [-0.15, -0.1) is 0 Å². The van der Waals surface area contributed by atoms with E-state index in [-0.39, 0.29) is 5.91 Å². The van der Waals surface area contributed by atoms with Crippen molar-refractivity contribution in [3.05, 3.63) is 36.2 Å². The molecule has 4 aromatic rings. The molecule has 3 aromatic heterocycles. The molecule has 0 aliphatic carbocycles. The number of pyridine rings is 1. The third kappa shape index (κ3) is 2.59. The summed E-state index contributed by atoms with van der Waals surface area (Å²) in [5.74, 6) is 0.676. The molecule has 1 aromatic carbocycles. The number of carbonyl (C=O) groups excluding carboxylic acids is 1. The van der Waals surface area contributed by atoms with Gasteiger partial charge in [-0.3, -0.25) is 4.79 Å². The quantitative estimate of drug-likeness (QED) is 0.580. The lowest BCUT2D eigenvalue weighted by molar-refractivity contribution is 0.0956. The van der Waals surface area contributed by atoms with Crippen molar-refractivity contribution >= 4 is 44.4 Å². The average Bonchev–Trinajstić information content (AvgIpc) is 3.25. The summed E-state index contributed by atoms with van der Waals surface area (Å²) in [4.78, 5) is 26.6. The number of hydrogen-bond acceptors (Lipinski definition) is 6. The van der Waals surface area contributed by atoms with Gasteiger partial charge in [0, 0.05) is 31.8 Å². The second-order valence-corrected chi connectivity index (χ2v) is 6.85. The fourth-order valence-corrected chi connectivity index (χ4v) is 3.85. The van der Waals surface area contributed by atoms with Crippen LogP contribution in [0.2, 0.25) is 0 Å². The van der Waals surface area contributed by atoms with E-state index < -0.39 is 0 Å². The minimum absolute atomic E-state index is 0.0692. The Labute approximate surface area is 154 Å². The first-order valence-electron chi connectivity index (χ1n) is 8.30. The Balaban J connectivity index is 1.82. The molecule has 0 unspecified atom stereocenters. The van der Waals surface area contributed by atoms with E-state index in [9.17, 15) is 4.79 Å². The van der Waals surface area contributed by atoms with Gasteiger partial charge in [0.05, 0.1) is 6.33 Å². The van der Waals surface area contributed by atoms with Crippen LogP contribution >= 0.6 is 11.3 Å². The molecule has 2 N–H and O–H groups in total. The summed E-state index contributed by atoms with van der Waals surface area (Å²) in [6.45, 7) is 2.51. The largest absolute Gasteiger partial charge is 0.371 e. The zero-order valence-corrected chi connectivity index (χ0v) is 15.5. The van der Waals surface area contributed by atoms with Gasteiger partial charge in [0.15, 0.2) is 5.82 Å². The number of fused-ring (bicyclic) bond motifs is 3. The molecule has 8 heteroatoms. The number of carbonyl (C=O) groups is 1. The van der Waals surface area contributed by atoms with E-state index in [1.54, 1.807) is 6.33 Å². The van der Waals surface area contributed by atoms with Gasteiger partial charge in [0.25, 0.3) is 5.91 Å². The van der Waals surface area contributed by atoms with Gasteiger partial charge in [-0.1, -0.05) is 23.5 Å². The van der Waals surface area contributed by atoms with Crippen molar-refractivity contribution in [3.8, 4) is 10.6 Å². The number of nitrogens with one attached hydrogen (secondary N) is 2. The lowest BCUT2D eigenvalue weighted by Gasteiger charge is -2.02. The highest BCUT2D eigenvalue weighted by atomic mass is 32.1. The number of aromatic nitrogens is 4.